The van der Waals surface area contributed by atoms with Crippen molar-refractivity contribution >= 4 is 15.8 Å². The number of benzene rings is 1. The van der Waals surface area contributed by atoms with E-state index in [1.807, 2.05) is 0 Å². The monoisotopic (exact) mass is 272 g/mol. The highest BCUT2D eigenvalue weighted by molar-refractivity contribution is 7.92. The highest BCUT2D eigenvalue weighted by Gasteiger charge is 2.15. The third-order valence-electron chi connectivity index (χ3n) is 2.57. The van der Waals surface area contributed by atoms with Crippen LogP contribution in [0.15, 0.2) is 47.5 Å². The van der Waals surface area contributed by atoms with Crippen LogP contribution in [0.2, 0.25) is 0 Å². The maximum Gasteiger partial charge on any atom is 0.263 e. The lowest BCUT2D eigenvalue weighted by Gasteiger charge is -2.09. The molecule has 2 aromatic rings. The van der Waals surface area contributed by atoms with Gasteiger partial charge in [0.05, 0.1) is 4.90 Å². The molecule has 19 heavy (non-hydrogen) atoms. The summed E-state index contributed by atoms with van der Waals surface area (Å²) in [5.74, 6) is 2.76. The van der Waals surface area contributed by atoms with Crippen molar-refractivity contribution in [2.45, 2.75) is 11.8 Å². The number of hydrogen-bond acceptors (Lipinski definition) is 3. The number of pyridine rings is 1. The van der Waals surface area contributed by atoms with E-state index in [-0.39, 0.29) is 4.90 Å². The molecule has 1 heterocycles. The van der Waals surface area contributed by atoms with Crippen molar-refractivity contribution in [3.63, 3.8) is 0 Å². The normalized spacial score (nSPS) is 10.7. The second-order valence-electron chi connectivity index (χ2n) is 3.94. The van der Waals surface area contributed by atoms with Crippen LogP contribution < -0.4 is 4.72 Å². The number of hydrogen-bond donors (Lipinski definition) is 1. The molecule has 1 aromatic carbocycles. The Labute approximate surface area is 112 Å². The Kier molecular flexibility index (Phi) is 3.54. The predicted molar refractivity (Wildman–Crippen MR) is 74.2 cm³/mol. The van der Waals surface area contributed by atoms with Gasteiger partial charge in [-0.25, -0.2) is 13.4 Å². The first-order valence-corrected chi connectivity index (χ1v) is 7.02. The lowest BCUT2D eigenvalue weighted by atomic mass is 10.2. The quantitative estimate of drug-likeness (QED) is 0.871. The summed E-state index contributed by atoms with van der Waals surface area (Å²) in [6, 6.07) is 9.63. The Morgan fingerprint density at radius 1 is 1.21 bits per heavy atom. The first kappa shape index (κ1) is 13.1. The van der Waals surface area contributed by atoms with Gasteiger partial charge in [0.25, 0.3) is 10.0 Å². The molecule has 5 heteroatoms. The summed E-state index contributed by atoms with van der Waals surface area (Å²) in [6.07, 6.45) is 6.76. The molecule has 0 aliphatic heterocycles. The standard InChI is InChI=1S/C14H12N2O2S/c1-3-12-6-8-13(9-7-12)19(17,18)16-14-11(2)5-4-10-15-14/h1,4-10H,2H3,(H,15,16). The average Bonchev–Trinajstić information content (AvgIpc) is 2.41. The molecule has 0 atom stereocenters. The molecule has 2 rings (SSSR count). The van der Waals surface area contributed by atoms with E-state index in [1.54, 1.807) is 31.2 Å². The summed E-state index contributed by atoms with van der Waals surface area (Å²) >= 11 is 0. The molecule has 0 bridgehead atoms. The molecule has 0 radical (unpaired) electrons. The van der Waals surface area contributed by atoms with Crippen LogP contribution in [-0.4, -0.2) is 13.4 Å². The van der Waals surface area contributed by atoms with Gasteiger partial charge in [-0.1, -0.05) is 12.0 Å². The minimum Gasteiger partial charge on any atom is -0.263 e. The van der Waals surface area contributed by atoms with Gasteiger partial charge < -0.3 is 0 Å². The molecule has 96 valence electrons. The minimum atomic E-state index is -3.64. The number of anilines is 1. The topological polar surface area (TPSA) is 59.1 Å². The van der Waals surface area contributed by atoms with Gasteiger partial charge in [-0.05, 0) is 42.8 Å². The first-order valence-electron chi connectivity index (χ1n) is 5.54. The second kappa shape index (κ2) is 5.12. The van der Waals surface area contributed by atoms with Crippen molar-refractivity contribution < 1.29 is 8.42 Å². The lowest BCUT2D eigenvalue weighted by molar-refractivity contribution is 0.601. The van der Waals surface area contributed by atoms with Gasteiger partial charge in [0.15, 0.2) is 0 Å². The molecule has 0 fully saturated rings. The van der Waals surface area contributed by atoms with Crippen LogP contribution in [0.5, 0.6) is 0 Å². The molecule has 0 spiro atoms. The predicted octanol–water partition coefficient (Wildman–Crippen LogP) is 2.17. The van der Waals surface area contributed by atoms with Crippen LogP contribution in [-0.2, 0) is 10.0 Å². The van der Waals surface area contributed by atoms with E-state index in [0.29, 0.717) is 11.4 Å². The van der Waals surface area contributed by atoms with Crippen molar-refractivity contribution in [2.75, 3.05) is 4.72 Å². The number of rotatable bonds is 3. The summed E-state index contributed by atoms with van der Waals surface area (Å²) < 4.78 is 26.8. The van der Waals surface area contributed by atoms with Gasteiger partial charge in [-0.2, -0.15) is 0 Å². The van der Waals surface area contributed by atoms with Gasteiger partial charge in [0, 0.05) is 11.8 Å². The van der Waals surface area contributed by atoms with Crippen LogP contribution in [0.25, 0.3) is 0 Å². The highest BCUT2D eigenvalue weighted by atomic mass is 32.2. The Bertz CT molecular complexity index is 729. The van der Waals surface area contributed by atoms with Gasteiger partial charge in [-0.3, -0.25) is 4.72 Å². The van der Waals surface area contributed by atoms with E-state index in [9.17, 15) is 8.42 Å². The number of terminal acetylenes is 1. The first-order chi connectivity index (χ1) is 9.03. The van der Waals surface area contributed by atoms with Crippen LogP contribution in [0.3, 0.4) is 0 Å². The Balaban J connectivity index is 2.33. The zero-order chi connectivity index (χ0) is 13.9. The van der Waals surface area contributed by atoms with Crippen molar-refractivity contribution in [1.82, 2.24) is 4.98 Å². The zero-order valence-electron chi connectivity index (χ0n) is 10.3. The smallest absolute Gasteiger partial charge is 0.263 e. The third-order valence-corrected chi connectivity index (χ3v) is 3.93. The summed E-state index contributed by atoms with van der Waals surface area (Å²) in [5, 5.41) is 0. The molecule has 1 aromatic heterocycles. The maximum atomic E-state index is 12.2. The Hall–Kier alpha value is -2.32. The fourth-order valence-corrected chi connectivity index (χ4v) is 2.59. The molecule has 0 aliphatic carbocycles. The van der Waals surface area contributed by atoms with Crippen LogP contribution in [0.1, 0.15) is 11.1 Å². The minimum absolute atomic E-state index is 0.150. The second-order valence-corrected chi connectivity index (χ2v) is 5.63. The summed E-state index contributed by atoms with van der Waals surface area (Å²) in [6.45, 7) is 1.78. The van der Waals surface area contributed by atoms with Crippen molar-refractivity contribution in [2.24, 2.45) is 0 Å². The molecule has 4 nitrogen and oxygen atoms in total. The number of sulfonamides is 1. The molecule has 0 aliphatic rings. The fourth-order valence-electron chi connectivity index (χ4n) is 1.51. The van der Waals surface area contributed by atoms with Crippen molar-refractivity contribution in [1.29, 1.82) is 0 Å². The molecular weight excluding hydrogens is 260 g/mol. The van der Waals surface area contributed by atoms with Gasteiger partial charge in [0.1, 0.15) is 5.82 Å². The van der Waals surface area contributed by atoms with Gasteiger partial charge in [-0.15, -0.1) is 6.42 Å². The summed E-state index contributed by atoms with van der Waals surface area (Å²) in [4.78, 5) is 4.15. The molecule has 0 unspecified atom stereocenters. The fraction of sp³-hybridized carbons (Fsp3) is 0.0714. The van der Waals surface area contributed by atoms with Crippen LogP contribution in [0, 0.1) is 19.3 Å². The van der Waals surface area contributed by atoms with E-state index in [2.05, 4.69) is 15.6 Å². The van der Waals surface area contributed by atoms with Crippen molar-refractivity contribution in [3.8, 4) is 12.3 Å². The van der Waals surface area contributed by atoms with Gasteiger partial charge >= 0.3 is 0 Å². The van der Waals surface area contributed by atoms with E-state index < -0.39 is 10.0 Å². The van der Waals surface area contributed by atoms with Gasteiger partial charge in [0.2, 0.25) is 0 Å². The van der Waals surface area contributed by atoms with Crippen LogP contribution >= 0.6 is 0 Å². The molecule has 1 N–H and O–H groups in total. The maximum absolute atomic E-state index is 12.2. The Morgan fingerprint density at radius 2 is 1.89 bits per heavy atom. The van der Waals surface area contributed by atoms with E-state index in [4.69, 9.17) is 6.42 Å². The average molecular weight is 272 g/mol. The van der Waals surface area contributed by atoms with Crippen molar-refractivity contribution in [3.05, 3.63) is 53.7 Å². The third kappa shape index (κ3) is 2.92. The number of aryl methyl sites for hydroxylation is 1. The zero-order valence-corrected chi connectivity index (χ0v) is 11.1. The summed E-state index contributed by atoms with van der Waals surface area (Å²) in [7, 11) is -3.64. The Morgan fingerprint density at radius 3 is 2.47 bits per heavy atom. The number of nitrogens with zero attached hydrogens (tertiary/aromatic N) is 1. The largest absolute Gasteiger partial charge is 0.263 e. The number of nitrogens with one attached hydrogen (secondary N) is 1. The molecular formula is C14H12N2O2S. The SMILES string of the molecule is C#Cc1ccc(S(=O)(=O)Nc2ncccc2C)cc1. The van der Waals surface area contributed by atoms with E-state index >= 15 is 0 Å². The van der Waals surface area contributed by atoms with E-state index in [0.717, 1.165) is 5.56 Å². The van der Waals surface area contributed by atoms with Crippen LogP contribution in [0.4, 0.5) is 5.82 Å². The molecule has 0 saturated heterocycles. The number of aromatic nitrogens is 1. The summed E-state index contributed by atoms with van der Waals surface area (Å²) in [5.41, 5.74) is 1.39. The lowest BCUT2D eigenvalue weighted by Crippen LogP contribution is -2.14. The molecule has 0 amide bonds. The molecule has 0 saturated carbocycles. The van der Waals surface area contributed by atoms with E-state index in [1.165, 1.54) is 18.3 Å². The highest BCUT2D eigenvalue weighted by Crippen LogP contribution is 2.17.